The molecule has 0 aromatic carbocycles. The molecule has 0 unspecified atom stereocenters. The number of imidazole rings is 1. The minimum Gasteiger partial charge on any atom is -0.247 e. The maximum atomic E-state index is 11.9. The van der Waals surface area contributed by atoms with E-state index in [2.05, 4.69) is 4.98 Å². The number of aromatic nitrogens is 2. The van der Waals surface area contributed by atoms with Crippen LogP contribution in [-0.2, 0) is 0 Å². The average Bonchev–Trinajstić information content (AvgIpc) is 2.35. The minimum absolute atomic E-state index is 0.183. The van der Waals surface area contributed by atoms with Crippen molar-refractivity contribution in [3.05, 3.63) is 17.7 Å². The Kier molecular flexibility index (Phi) is 4.94. The quantitative estimate of drug-likeness (QED) is 0.654. The van der Waals surface area contributed by atoms with E-state index in [4.69, 9.17) is 0 Å². The zero-order valence-electron chi connectivity index (χ0n) is 7.26. The Balaban J connectivity index is 0.000000461. The summed E-state index contributed by atoms with van der Waals surface area (Å²) in [4.78, 5) is 3.89. The summed E-state index contributed by atoms with van der Waals surface area (Å²) < 4.78 is 13.4. The van der Waals surface area contributed by atoms with Gasteiger partial charge in [-0.1, -0.05) is 13.8 Å². The SMILES string of the molecule is CC.Cc1cnc(C)n1SF. The highest BCUT2D eigenvalue weighted by molar-refractivity contribution is 7.92. The molecule has 0 spiro atoms. The first-order valence-electron chi connectivity index (χ1n) is 3.55. The van der Waals surface area contributed by atoms with E-state index in [-0.39, 0.29) is 12.3 Å². The molecule has 0 N–H and O–H groups in total. The maximum absolute atomic E-state index is 11.9. The van der Waals surface area contributed by atoms with Crippen LogP contribution in [-0.4, -0.2) is 8.96 Å². The molecule has 0 fully saturated rings. The van der Waals surface area contributed by atoms with Crippen LogP contribution in [0.5, 0.6) is 0 Å². The standard InChI is InChI=1S/C5H7FN2S.C2H6/c1-4-3-7-5(2)8(4)9-6;1-2/h3H,1-2H3;1-2H3. The Labute approximate surface area is 71.3 Å². The summed E-state index contributed by atoms with van der Waals surface area (Å²) in [5, 5.41) is 0. The Hall–Kier alpha value is -0.510. The molecule has 0 atom stereocenters. The van der Waals surface area contributed by atoms with Gasteiger partial charge in [-0.25, -0.2) is 8.96 Å². The Bertz CT molecular complexity index is 191. The van der Waals surface area contributed by atoms with Gasteiger partial charge in [0.1, 0.15) is 5.82 Å². The Morgan fingerprint density at radius 3 is 2.18 bits per heavy atom. The van der Waals surface area contributed by atoms with Crippen LogP contribution < -0.4 is 0 Å². The van der Waals surface area contributed by atoms with E-state index in [9.17, 15) is 3.89 Å². The molecule has 4 heteroatoms. The van der Waals surface area contributed by atoms with E-state index in [0.29, 0.717) is 5.82 Å². The van der Waals surface area contributed by atoms with E-state index in [1.165, 1.54) is 3.97 Å². The normalized spacial score (nSPS) is 8.82. The summed E-state index contributed by atoms with van der Waals surface area (Å²) in [6, 6.07) is 0. The Morgan fingerprint density at radius 1 is 1.45 bits per heavy atom. The fourth-order valence-corrected chi connectivity index (χ4v) is 0.954. The zero-order chi connectivity index (χ0) is 8.85. The molecule has 64 valence electrons. The summed E-state index contributed by atoms with van der Waals surface area (Å²) >= 11 is 0.183. The summed E-state index contributed by atoms with van der Waals surface area (Å²) in [7, 11) is 0. The summed E-state index contributed by atoms with van der Waals surface area (Å²) in [5.41, 5.74) is 0.833. The van der Waals surface area contributed by atoms with Crippen molar-refractivity contribution in [1.29, 1.82) is 0 Å². The van der Waals surface area contributed by atoms with E-state index in [1.54, 1.807) is 13.1 Å². The van der Waals surface area contributed by atoms with Crippen molar-refractivity contribution in [2.45, 2.75) is 27.7 Å². The fourth-order valence-electron chi connectivity index (χ4n) is 0.651. The molecule has 0 bridgehead atoms. The van der Waals surface area contributed by atoms with Crippen molar-refractivity contribution in [1.82, 2.24) is 8.96 Å². The van der Waals surface area contributed by atoms with Gasteiger partial charge < -0.3 is 0 Å². The van der Waals surface area contributed by atoms with Crippen LogP contribution in [0.2, 0.25) is 0 Å². The molecule has 0 radical (unpaired) electrons. The van der Waals surface area contributed by atoms with Gasteiger partial charge >= 0.3 is 0 Å². The average molecular weight is 176 g/mol. The van der Waals surface area contributed by atoms with Crippen molar-refractivity contribution < 1.29 is 3.89 Å². The number of rotatable bonds is 1. The molecule has 1 aromatic rings. The number of aryl methyl sites for hydroxylation is 2. The molecule has 0 amide bonds. The van der Waals surface area contributed by atoms with Crippen molar-refractivity contribution in [2.75, 3.05) is 0 Å². The Morgan fingerprint density at radius 2 is 2.00 bits per heavy atom. The van der Waals surface area contributed by atoms with Gasteiger partial charge in [0.2, 0.25) is 0 Å². The van der Waals surface area contributed by atoms with Gasteiger partial charge in [-0.2, -0.15) is 0 Å². The summed E-state index contributed by atoms with van der Waals surface area (Å²) in [5.74, 6) is 0.694. The van der Waals surface area contributed by atoms with Crippen molar-refractivity contribution >= 4 is 12.3 Å². The fraction of sp³-hybridized carbons (Fsp3) is 0.571. The lowest BCUT2D eigenvalue weighted by Crippen LogP contribution is -1.88. The third kappa shape index (κ3) is 2.54. The van der Waals surface area contributed by atoms with Gasteiger partial charge in [-0.05, 0) is 13.8 Å². The highest BCUT2D eigenvalue weighted by Crippen LogP contribution is 2.13. The monoisotopic (exact) mass is 176 g/mol. The number of hydrogen-bond donors (Lipinski definition) is 0. The zero-order valence-corrected chi connectivity index (χ0v) is 8.07. The highest BCUT2D eigenvalue weighted by atomic mass is 32.2. The van der Waals surface area contributed by atoms with Crippen LogP contribution in [0.1, 0.15) is 25.4 Å². The highest BCUT2D eigenvalue weighted by Gasteiger charge is 2.00. The van der Waals surface area contributed by atoms with Gasteiger partial charge in [-0.3, -0.25) is 0 Å². The number of nitrogens with zero attached hydrogens (tertiary/aromatic N) is 2. The van der Waals surface area contributed by atoms with Crippen molar-refractivity contribution in [3.63, 3.8) is 0 Å². The minimum atomic E-state index is 0.183. The second kappa shape index (κ2) is 5.18. The predicted octanol–water partition coefficient (Wildman–Crippen LogP) is 2.91. The molecule has 2 nitrogen and oxygen atoms in total. The molecule has 11 heavy (non-hydrogen) atoms. The lowest BCUT2D eigenvalue weighted by Gasteiger charge is -1.94. The first kappa shape index (κ1) is 10.5. The van der Waals surface area contributed by atoms with Crippen molar-refractivity contribution in [3.8, 4) is 0 Å². The maximum Gasteiger partial charge on any atom is 0.171 e. The van der Waals surface area contributed by atoms with Crippen LogP contribution in [0.25, 0.3) is 0 Å². The molecule has 0 aliphatic carbocycles. The second-order valence-electron chi connectivity index (χ2n) is 1.81. The second-order valence-corrected chi connectivity index (χ2v) is 2.31. The summed E-state index contributed by atoms with van der Waals surface area (Å²) in [6.07, 6.45) is 1.64. The van der Waals surface area contributed by atoms with Gasteiger partial charge in [0.25, 0.3) is 0 Å². The van der Waals surface area contributed by atoms with E-state index in [0.717, 1.165) is 5.69 Å². The first-order valence-corrected chi connectivity index (χ1v) is 4.23. The molecule has 0 saturated carbocycles. The topological polar surface area (TPSA) is 17.8 Å². The van der Waals surface area contributed by atoms with Gasteiger partial charge in [0.05, 0.1) is 0 Å². The smallest absolute Gasteiger partial charge is 0.171 e. The van der Waals surface area contributed by atoms with Crippen LogP contribution >= 0.6 is 12.3 Å². The van der Waals surface area contributed by atoms with Crippen LogP contribution in [0.15, 0.2) is 6.20 Å². The molecular weight excluding hydrogens is 163 g/mol. The van der Waals surface area contributed by atoms with Crippen LogP contribution in [0, 0.1) is 13.8 Å². The lowest BCUT2D eigenvalue weighted by molar-refractivity contribution is 0.898. The third-order valence-corrected chi connectivity index (χ3v) is 1.81. The largest absolute Gasteiger partial charge is 0.247 e. The van der Waals surface area contributed by atoms with Gasteiger partial charge in [0, 0.05) is 11.9 Å². The lowest BCUT2D eigenvalue weighted by atomic mass is 10.6. The number of hydrogen-bond acceptors (Lipinski definition) is 2. The molecule has 0 saturated heterocycles. The van der Waals surface area contributed by atoms with E-state index < -0.39 is 0 Å². The molecule has 0 aliphatic rings. The first-order chi connectivity index (χ1) is 5.25. The predicted molar refractivity (Wildman–Crippen MR) is 47.1 cm³/mol. The molecule has 0 aliphatic heterocycles. The van der Waals surface area contributed by atoms with E-state index in [1.807, 2.05) is 20.8 Å². The molecule has 1 heterocycles. The van der Waals surface area contributed by atoms with Gasteiger partial charge in [-0.15, -0.1) is 3.89 Å². The van der Waals surface area contributed by atoms with E-state index >= 15 is 0 Å². The molecule has 1 rings (SSSR count). The number of halogens is 1. The van der Waals surface area contributed by atoms with Crippen LogP contribution in [0.4, 0.5) is 3.89 Å². The molecular formula is C7H13FN2S. The summed E-state index contributed by atoms with van der Waals surface area (Å²) in [6.45, 7) is 7.58. The van der Waals surface area contributed by atoms with Crippen LogP contribution in [0.3, 0.4) is 0 Å². The third-order valence-electron chi connectivity index (χ3n) is 1.12. The van der Waals surface area contributed by atoms with Gasteiger partial charge in [0.15, 0.2) is 12.3 Å². The molecule has 1 aromatic heterocycles. The van der Waals surface area contributed by atoms with Crippen molar-refractivity contribution in [2.24, 2.45) is 0 Å².